The van der Waals surface area contributed by atoms with Crippen molar-refractivity contribution in [1.82, 2.24) is 19.6 Å². The van der Waals surface area contributed by atoms with Crippen LogP contribution in [0.15, 0.2) is 16.9 Å². The van der Waals surface area contributed by atoms with Crippen LogP contribution in [0, 0.1) is 5.92 Å². The Morgan fingerprint density at radius 2 is 2.00 bits per heavy atom. The number of aromatic nitrogens is 2. The molecule has 7 heteroatoms. The number of hydrogen-bond acceptors (Lipinski definition) is 5. The molecule has 0 aromatic carbocycles. The van der Waals surface area contributed by atoms with Gasteiger partial charge in [-0.3, -0.25) is 14.5 Å². The van der Waals surface area contributed by atoms with Crippen molar-refractivity contribution in [2.45, 2.75) is 32.9 Å². The Hall–Kier alpha value is -1.73. The van der Waals surface area contributed by atoms with Gasteiger partial charge in [0.2, 0.25) is 0 Å². The van der Waals surface area contributed by atoms with Crippen LogP contribution in [0.3, 0.4) is 0 Å². The van der Waals surface area contributed by atoms with E-state index in [1.807, 2.05) is 11.8 Å². The molecule has 2 aliphatic rings. The Morgan fingerprint density at radius 1 is 1.25 bits per heavy atom. The summed E-state index contributed by atoms with van der Waals surface area (Å²) in [6.07, 6.45) is 1.05. The standard InChI is InChI=1S/C17H26N4O3/c1-3-13-11-20(12-15(13)19-7-9-24-10-8-19)17(23)14-5-6-16(22)21(4-2)18-14/h5-6,13,15H,3-4,7-12H2,1-2H3/t13-,15+/m1/s1. The van der Waals surface area contributed by atoms with Crippen molar-refractivity contribution in [2.75, 3.05) is 39.4 Å². The number of rotatable bonds is 4. The van der Waals surface area contributed by atoms with Crippen LogP contribution in [0.1, 0.15) is 30.8 Å². The first kappa shape index (κ1) is 17.1. The van der Waals surface area contributed by atoms with Crippen molar-refractivity contribution in [2.24, 2.45) is 5.92 Å². The van der Waals surface area contributed by atoms with Crippen LogP contribution in [0.2, 0.25) is 0 Å². The average molecular weight is 334 g/mol. The van der Waals surface area contributed by atoms with Gasteiger partial charge in [-0.2, -0.15) is 5.10 Å². The van der Waals surface area contributed by atoms with Crippen molar-refractivity contribution in [3.63, 3.8) is 0 Å². The molecule has 3 heterocycles. The topological polar surface area (TPSA) is 67.7 Å². The lowest BCUT2D eigenvalue weighted by Crippen LogP contribution is -2.47. The van der Waals surface area contributed by atoms with E-state index in [1.165, 1.54) is 10.7 Å². The van der Waals surface area contributed by atoms with Gasteiger partial charge < -0.3 is 9.64 Å². The monoisotopic (exact) mass is 334 g/mol. The van der Waals surface area contributed by atoms with E-state index in [9.17, 15) is 9.59 Å². The van der Waals surface area contributed by atoms with E-state index in [2.05, 4.69) is 16.9 Å². The molecule has 1 aromatic rings. The Bertz CT molecular complexity index is 639. The Kier molecular flexibility index (Phi) is 5.30. The molecule has 0 N–H and O–H groups in total. The minimum Gasteiger partial charge on any atom is -0.379 e. The molecule has 0 spiro atoms. The van der Waals surface area contributed by atoms with Crippen molar-refractivity contribution < 1.29 is 9.53 Å². The van der Waals surface area contributed by atoms with Gasteiger partial charge in [0, 0.05) is 44.8 Å². The second kappa shape index (κ2) is 7.44. The Morgan fingerprint density at radius 3 is 2.67 bits per heavy atom. The van der Waals surface area contributed by atoms with E-state index < -0.39 is 0 Å². The summed E-state index contributed by atoms with van der Waals surface area (Å²) in [6.45, 7) is 9.38. The smallest absolute Gasteiger partial charge is 0.274 e. The van der Waals surface area contributed by atoms with Gasteiger partial charge in [-0.15, -0.1) is 0 Å². The number of ether oxygens (including phenoxy) is 1. The molecule has 132 valence electrons. The number of nitrogens with zero attached hydrogens (tertiary/aromatic N) is 4. The molecule has 0 aliphatic carbocycles. The Balaban J connectivity index is 1.75. The highest BCUT2D eigenvalue weighted by atomic mass is 16.5. The van der Waals surface area contributed by atoms with Crippen LogP contribution in [0.5, 0.6) is 0 Å². The van der Waals surface area contributed by atoms with Crippen molar-refractivity contribution in [3.05, 3.63) is 28.2 Å². The van der Waals surface area contributed by atoms with Gasteiger partial charge in [-0.1, -0.05) is 13.3 Å². The summed E-state index contributed by atoms with van der Waals surface area (Å²) in [6, 6.07) is 3.36. The average Bonchev–Trinajstić information content (AvgIpc) is 3.06. The Labute approximate surface area is 142 Å². The van der Waals surface area contributed by atoms with Crippen molar-refractivity contribution in [3.8, 4) is 0 Å². The summed E-state index contributed by atoms with van der Waals surface area (Å²) < 4.78 is 6.78. The maximum atomic E-state index is 12.8. The number of morpholine rings is 1. The first-order valence-electron chi connectivity index (χ1n) is 8.83. The maximum Gasteiger partial charge on any atom is 0.274 e. The molecular formula is C17H26N4O3. The normalized spacial score (nSPS) is 25.2. The van der Waals surface area contributed by atoms with Gasteiger partial charge in [0.15, 0.2) is 0 Å². The molecular weight excluding hydrogens is 308 g/mol. The molecule has 7 nitrogen and oxygen atoms in total. The molecule has 2 fully saturated rings. The highest BCUT2D eigenvalue weighted by molar-refractivity contribution is 5.92. The van der Waals surface area contributed by atoms with E-state index in [0.29, 0.717) is 24.2 Å². The van der Waals surface area contributed by atoms with Gasteiger partial charge in [0.05, 0.1) is 13.2 Å². The van der Waals surface area contributed by atoms with Gasteiger partial charge in [0.1, 0.15) is 5.69 Å². The first-order valence-corrected chi connectivity index (χ1v) is 8.83. The van der Waals surface area contributed by atoms with Gasteiger partial charge >= 0.3 is 0 Å². The minimum absolute atomic E-state index is 0.0774. The molecule has 0 unspecified atom stereocenters. The predicted octanol–water partition coefficient (Wildman–Crippen LogP) is 0.446. The van der Waals surface area contributed by atoms with Crippen LogP contribution >= 0.6 is 0 Å². The molecule has 1 aromatic heterocycles. The van der Waals surface area contributed by atoms with E-state index in [0.717, 1.165) is 45.8 Å². The number of likely N-dealkylation sites (tertiary alicyclic amines) is 1. The third-order valence-corrected chi connectivity index (χ3v) is 5.12. The first-order chi connectivity index (χ1) is 11.6. The summed E-state index contributed by atoms with van der Waals surface area (Å²) in [7, 11) is 0. The summed E-state index contributed by atoms with van der Waals surface area (Å²) in [5.41, 5.74) is 0.182. The van der Waals surface area contributed by atoms with Crippen LogP contribution in [-0.2, 0) is 11.3 Å². The molecule has 24 heavy (non-hydrogen) atoms. The van der Waals surface area contributed by atoms with E-state index in [1.54, 1.807) is 6.07 Å². The predicted molar refractivity (Wildman–Crippen MR) is 90.0 cm³/mol. The second-order valence-corrected chi connectivity index (χ2v) is 6.47. The fraction of sp³-hybridized carbons (Fsp3) is 0.706. The fourth-order valence-electron chi connectivity index (χ4n) is 3.70. The second-order valence-electron chi connectivity index (χ2n) is 6.47. The molecule has 0 radical (unpaired) electrons. The summed E-state index contributed by atoms with van der Waals surface area (Å²) in [4.78, 5) is 28.8. The largest absolute Gasteiger partial charge is 0.379 e. The SMILES string of the molecule is CC[C@@H]1CN(C(=O)c2ccc(=O)n(CC)n2)C[C@@H]1N1CCOCC1. The van der Waals surface area contributed by atoms with Crippen molar-refractivity contribution >= 4 is 5.91 Å². The molecule has 0 saturated carbocycles. The highest BCUT2D eigenvalue weighted by Gasteiger charge is 2.38. The van der Waals surface area contributed by atoms with Gasteiger partial charge in [-0.05, 0) is 18.9 Å². The van der Waals surface area contributed by atoms with Gasteiger partial charge in [-0.25, -0.2) is 4.68 Å². The van der Waals surface area contributed by atoms with E-state index >= 15 is 0 Å². The zero-order valence-corrected chi connectivity index (χ0v) is 14.5. The minimum atomic E-state index is -0.173. The summed E-state index contributed by atoms with van der Waals surface area (Å²) in [5, 5.41) is 4.20. The summed E-state index contributed by atoms with van der Waals surface area (Å²) in [5.74, 6) is 0.399. The zero-order valence-electron chi connectivity index (χ0n) is 14.5. The van der Waals surface area contributed by atoms with Crippen molar-refractivity contribution in [1.29, 1.82) is 0 Å². The number of carbonyl (C=O) groups is 1. The van der Waals surface area contributed by atoms with Crippen LogP contribution in [-0.4, -0.2) is 70.9 Å². The van der Waals surface area contributed by atoms with Crippen LogP contribution < -0.4 is 5.56 Å². The maximum absolute atomic E-state index is 12.8. The van der Waals surface area contributed by atoms with E-state index in [-0.39, 0.29) is 11.5 Å². The number of aryl methyl sites for hydroxylation is 1. The fourth-order valence-corrected chi connectivity index (χ4v) is 3.70. The quantitative estimate of drug-likeness (QED) is 0.800. The molecule has 2 saturated heterocycles. The lowest BCUT2D eigenvalue weighted by Gasteiger charge is -2.34. The highest BCUT2D eigenvalue weighted by Crippen LogP contribution is 2.26. The number of carbonyl (C=O) groups excluding carboxylic acids is 1. The zero-order chi connectivity index (χ0) is 17.1. The lowest BCUT2D eigenvalue weighted by molar-refractivity contribution is 0.0102. The molecule has 2 atom stereocenters. The van der Waals surface area contributed by atoms with E-state index in [4.69, 9.17) is 4.74 Å². The third kappa shape index (κ3) is 3.37. The van der Waals surface area contributed by atoms with Crippen LogP contribution in [0.25, 0.3) is 0 Å². The molecule has 2 aliphatic heterocycles. The summed E-state index contributed by atoms with van der Waals surface area (Å²) >= 11 is 0. The van der Waals surface area contributed by atoms with Gasteiger partial charge in [0.25, 0.3) is 11.5 Å². The van der Waals surface area contributed by atoms with Crippen LogP contribution in [0.4, 0.5) is 0 Å². The number of amides is 1. The third-order valence-electron chi connectivity index (χ3n) is 5.12. The molecule has 0 bridgehead atoms. The molecule has 1 amide bonds. The lowest BCUT2D eigenvalue weighted by atomic mass is 9.99. The molecule has 3 rings (SSSR count). The number of hydrogen-bond donors (Lipinski definition) is 0.